The monoisotopic (exact) mass is 372 g/mol. The summed E-state index contributed by atoms with van der Waals surface area (Å²) in [5.41, 5.74) is 1.94. The smallest absolute Gasteiger partial charge is 0.274 e. The number of ether oxygens (including phenoxy) is 1. The first-order valence-electron chi connectivity index (χ1n) is 6.78. The Balaban J connectivity index is 1.75. The number of rotatable bonds is 4. The molecule has 0 aliphatic rings. The predicted molar refractivity (Wildman–Crippen MR) is 90.5 cm³/mol. The normalized spacial score (nSPS) is 10.3. The van der Waals surface area contributed by atoms with Gasteiger partial charge < -0.3 is 10.1 Å². The van der Waals surface area contributed by atoms with Crippen molar-refractivity contribution >= 4 is 27.7 Å². The van der Waals surface area contributed by atoms with Crippen LogP contribution in [0.3, 0.4) is 0 Å². The number of nitrogens with zero attached hydrogens (tertiary/aromatic N) is 2. The molecule has 2 heterocycles. The maximum absolute atomic E-state index is 12.2. The minimum absolute atomic E-state index is 0.299. The Morgan fingerprint density at radius 3 is 2.65 bits per heavy atom. The van der Waals surface area contributed by atoms with Gasteiger partial charge in [-0.15, -0.1) is 0 Å². The number of hydrogen-bond acceptors (Lipinski definition) is 4. The molecule has 1 aromatic carbocycles. The summed E-state index contributed by atoms with van der Waals surface area (Å²) in [5, 5.41) is 9.60. The minimum atomic E-state index is -0.299. The molecule has 0 bridgehead atoms. The molecule has 0 saturated heterocycles. The fourth-order valence-electron chi connectivity index (χ4n) is 1.98. The molecule has 0 aliphatic carbocycles. The number of nitrogens with one attached hydrogen (secondary N) is 2. The molecule has 0 saturated carbocycles. The Hall–Kier alpha value is -2.67. The number of carbonyl (C=O) groups excluding carboxylic acids is 1. The van der Waals surface area contributed by atoms with Gasteiger partial charge in [0.1, 0.15) is 17.3 Å². The Kier molecular flexibility index (Phi) is 4.38. The Bertz CT molecular complexity index is 813. The van der Waals surface area contributed by atoms with E-state index < -0.39 is 0 Å². The van der Waals surface area contributed by atoms with Crippen LogP contribution >= 0.6 is 15.9 Å². The first-order valence-corrected chi connectivity index (χ1v) is 7.58. The second-order valence-electron chi connectivity index (χ2n) is 4.71. The third-order valence-electron chi connectivity index (χ3n) is 3.18. The number of benzene rings is 1. The topological polar surface area (TPSA) is 79.9 Å². The molecular formula is C16H13BrN4O2. The number of carbonyl (C=O) groups is 1. The maximum Gasteiger partial charge on any atom is 0.274 e. The molecule has 7 heteroatoms. The lowest BCUT2D eigenvalue weighted by molar-refractivity contribution is 0.102. The molecule has 3 rings (SSSR count). The third kappa shape index (κ3) is 3.57. The zero-order valence-electron chi connectivity index (χ0n) is 12.2. The summed E-state index contributed by atoms with van der Waals surface area (Å²) in [5.74, 6) is 0.939. The quantitative estimate of drug-likeness (QED) is 0.734. The summed E-state index contributed by atoms with van der Waals surface area (Å²) < 4.78 is 5.97. The number of methoxy groups -OCH3 is 1. The van der Waals surface area contributed by atoms with Gasteiger partial charge in [0, 0.05) is 16.2 Å². The van der Waals surface area contributed by atoms with Crippen molar-refractivity contribution in [2.75, 3.05) is 12.4 Å². The highest BCUT2D eigenvalue weighted by molar-refractivity contribution is 9.10. The second-order valence-corrected chi connectivity index (χ2v) is 5.63. The number of aromatic amines is 1. The van der Waals surface area contributed by atoms with Gasteiger partial charge in [-0.1, -0.05) is 0 Å². The van der Waals surface area contributed by atoms with Gasteiger partial charge in [-0.05, 0) is 58.4 Å². The number of hydrogen-bond donors (Lipinski definition) is 2. The molecule has 116 valence electrons. The van der Waals surface area contributed by atoms with Crippen molar-refractivity contribution in [3.63, 3.8) is 0 Å². The third-order valence-corrected chi connectivity index (χ3v) is 3.65. The lowest BCUT2D eigenvalue weighted by Crippen LogP contribution is -2.13. The van der Waals surface area contributed by atoms with Gasteiger partial charge in [-0.25, -0.2) is 4.98 Å². The Morgan fingerprint density at radius 1 is 1.22 bits per heavy atom. The molecule has 0 unspecified atom stereocenters. The SMILES string of the molecule is COc1ccc(-c2cc(C(=O)Nc3ccc(Br)cn3)[nH]n2)cc1. The molecule has 0 atom stereocenters. The van der Waals surface area contributed by atoms with Crippen LogP contribution in [0.5, 0.6) is 5.75 Å². The van der Waals surface area contributed by atoms with Crippen LogP contribution in [-0.2, 0) is 0 Å². The number of H-pyrrole nitrogens is 1. The fraction of sp³-hybridized carbons (Fsp3) is 0.0625. The van der Waals surface area contributed by atoms with E-state index in [1.165, 1.54) is 0 Å². The lowest BCUT2D eigenvalue weighted by atomic mass is 10.1. The molecule has 0 fully saturated rings. The highest BCUT2D eigenvalue weighted by atomic mass is 79.9. The summed E-state index contributed by atoms with van der Waals surface area (Å²) in [6, 6.07) is 12.7. The van der Waals surface area contributed by atoms with Gasteiger partial charge >= 0.3 is 0 Å². The Labute approximate surface area is 141 Å². The maximum atomic E-state index is 12.2. The van der Waals surface area contributed by atoms with Crippen molar-refractivity contribution in [2.45, 2.75) is 0 Å². The van der Waals surface area contributed by atoms with E-state index in [0.717, 1.165) is 15.8 Å². The largest absolute Gasteiger partial charge is 0.497 e. The van der Waals surface area contributed by atoms with Gasteiger partial charge in [-0.3, -0.25) is 9.89 Å². The van der Waals surface area contributed by atoms with E-state index in [4.69, 9.17) is 4.74 Å². The van der Waals surface area contributed by atoms with Crippen LogP contribution in [0, 0.1) is 0 Å². The fourth-order valence-corrected chi connectivity index (χ4v) is 2.22. The first-order chi connectivity index (χ1) is 11.2. The van der Waals surface area contributed by atoms with Crippen LogP contribution in [0.25, 0.3) is 11.3 Å². The summed E-state index contributed by atoms with van der Waals surface area (Å²) in [6.45, 7) is 0. The van der Waals surface area contributed by atoms with E-state index in [1.807, 2.05) is 24.3 Å². The molecule has 6 nitrogen and oxygen atoms in total. The van der Waals surface area contributed by atoms with Gasteiger partial charge in [0.05, 0.1) is 12.8 Å². The van der Waals surface area contributed by atoms with Crippen molar-refractivity contribution in [3.05, 3.63) is 58.8 Å². The van der Waals surface area contributed by atoms with Crippen LogP contribution < -0.4 is 10.1 Å². The molecule has 0 spiro atoms. The molecular weight excluding hydrogens is 360 g/mol. The van der Waals surface area contributed by atoms with E-state index in [0.29, 0.717) is 17.2 Å². The van der Waals surface area contributed by atoms with Gasteiger partial charge in [0.25, 0.3) is 5.91 Å². The van der Waals surface area contributed by atoms with E-state index in [-0.39, 0.29) is 5.91 Å². The summed E-state index contributed by atoms with van der Waals surface area (Å²) in [4.78, 5) is 16.3. The summed E-state index contributed by atoms with van der Waals surface area (Å²) in [7, 11) is 1.61. The number of halogens is 1. The highest BCUT2D eigenvalue weighted by Crippen LogP contribution is 2.21. The average Bonchev–Trinajstić information content (AvgIpc) is 3.07. The Morgan fingerprint density at radius 2 is 2.00 bits per heavy atom. The highest BCUT2D eigenvalue weighted by Gasteiger charge is 2.12. The van der Waals surface area contributed by atoms with Crippen LogP contribution in [0.1, 0.15) is 10.5 Å². The average molecular weight is 373 g/mol. The predicted octanol–water partition coefficient (Wildman–Crippen LogP) is 3.50. The van der Waals surface area contributed by atoms with Crippen molar-refractivity contribution in [1.82, 2.24) is 15.2 Å². The lowest BCUT2D eigenvalue weighted by Gasteiger charge is -2.02. The van der Waals surface area contributed by atoms with Crippen molar-refractivity contribution in [1.29, 1.82) is 0 Å². The molecule has 3 aromatic rings. The van der Waals surface area contributed by atoms with E-state index in [2.05, 4.69) is 36.4 Å². The summed E-state index contributed by atoms with van der Waals surface area (Å²) in [6.07, 6.45) is 1.62. The van der Waals surface area contributed by atoms with Crippen molar-refractivity contribution in [2.24, 2.45) is 0 Å². The van der Waals surface area contributed by atoms with Crippen LogP contribution in [0.2, 0.25) is 0 Å². The second kappa shape index (κ2) is 6.62. The number of anilines is 1. The van der Waals surface area contributed by atoms with E-state index in [9.17, 15) is 4.79 Å². The van der Waals surface area contributed by atoms with Crippen LogP contribution in [0.4, 0.5) is 5.82 Å². The summed E-state index contributed by atoms with van der Waals surface area (Å²) >= 11 is 3.30. The first kappa shape index (κ1) is 15.2. The van der Waals surface area contributed by atoms with E-state index >= 15 is 0 Å². The van der Waals surface area contributed by atoms with Gasteiger partial charge in [0.15, 0.2) is 0 Å². The molecule has 23 heavy (non-hydrogen) atoms. The minimum Gasteiger partial charge on any atom is -0.497 e. The number of amides is 1. The zero-order chi connectivity index (χ0) is 16.2. The molecule has 0 radical (unpaired) electrons. The van der Waals surface area contributed by atoms with Gasteiger partial charge in [0.2, 0.25) is 0 Å². The molecule has 2 N–H and O–H groups in total. The zero-order valence-corrected chi connectivity index (χ0v) is 13.8. The standard InChI is InChI=1S/C16H13BrN4O2/c1-23-12-5-2-10(3-6-12)13-8-14(21-20-13)16(22)19-15-7-4-11(17)9-18-15/h2-9H,1H3,(H,20,21)(H,18,19,22). The number of pyridine rings is 1. The molecule has 0 aliphatic heterocycles. The van der Waals surface area contributed by atoms with Crippen LogP contribution in [-0.4, -0.2) is 28.2 Å². The van der Waals surface area contributed by atoms with Crippen molar-refractivity contribution < 1.29 is 9.53 Å². The number of aromatic nitrogens is 3. The van der Waals surface area contributed by atoms with Crippen LogP contribution in [0.15, 0.2) is 53.1 Å². The van der Waals surface area contributed by atoms with E-state index in [1.54, 1.807) is 31.5 Å². The van der Waals surface area contributed by atoms with Crippen molar-refractivity contribution in [3.8, 4) is 17.0 Å². The molecule has 1 amide bonds. The van der Waals surface area contributed by atoms with Gasteiger partial charge in [-0.2, -0.15) is 5.10 Å². The molecule has 2 aromatic heterocycles.